The summed E-state index contributed by atoms with van der Waals surface area (Å²) in [5, 5.41) is 3.08. The number of rotatable bonds is 6. The zero-order valence-corrected chi connectivity index (χ0v) is 18.9. The molecule has 1 N–H and O–H groups in total. The Hall–Kier alpha value is -4.59. The lowest BCUT2D eigenvalue weighted by molar-refractivity contribution is -0.576. The van der Waals surface area contributed by atoms with Crippen LogP contribution in [0.5, 0.6) is 0 Å². The fourth-order valence-electron chi connectivity index (χ4n) is 4.29. The molecule has 0 unspecified atom stereocenters. The van der Waals surface area contributed by atoms with Gasteiger partial charge in [0.2, 0.25) is 0 Å². The third kappa shape index (κ3) is 3.78. The van der Waals surface area contributed by atoms with E-state index in [4.69, 9.17) is 0 Å². The molecule has 35 heavy (non-hydrogen) atoms. The van der Waals surface area contributed by atoms with Gasteiger partial charge >= 0.3 is 5.91 Å². The van der Waals surface area contributed by atoms with E-state index in [2.05, 4.69) is 5.10 Å². The fraction of sp³-hybridized carbons (Fsp3) is 0.111. The molecule has 0 atom stereocenters. The van der Waals surface area contributed by atoms with Crippen molar-refractivity contribution in [3.05, 3.63) is 113 Å². The molecule has 7 nitrogen and oxygen atoms in total. The lowest BCUT2D eigenvalue weighted by Crippen LogP contribution is -2.39. The van der Waals surface area contributed by atoms with E-state index >= 15 is 0 Å². The highest BCUT2D eigenvalue weighted by Gasteiger charge is 2.48. The largest absolute Gasteiger partial charge is 0.331 e. The van der Waals surface area contributed by atoms with Crippen LogP contribution in [-0.2, 0) is 16.0 Å². The van der Waals surface area contributed by atoms with Crippen LogP contribution in [0, 0.1) is 5.82 Å². The Morgan fingerprint density at radius 1 is 0.829 bits per heavy atom. The highest BCUT2D eigenvalue weighted by Crippen LogP contribution is 2.33. The number of halogens is 1. The van der Waals surface area contributed by atoms with E-state index < -0.39 is 23.2 Å². The van der Waals surface area contributed by atoms with Crippen LogP contribution in [0.1, 0.15) is 24.6 Å². The molecule has 0 aliphatic carbocycles. The number of carbonyl (C=O) groups excluding carboxylic acids is 2. The van der Waals surface area contributed by atoms with Gasteiger partial charge in [0.05, 0.1) is 16.9 Å². The molecular formula is C27H22FN4O3+. The molecule has 0 spiro atoms. The number of para-hydroxylation sites is 1. The maximum Gasteiger partial charge on any atom is 0.331 e. The Labute approximate surface area is 200 Å². The standard InChI is InChI=1S/C27H21FN4O3/c1-2-9-21-22(26(34)32(29-21)20-14-12-18(28)13-15-20)23-24(30-16-7-4-8-17-30)27(35)31(25(23)33)19-10-5-3-6-11-19/h3-8,10-17H,2,9H2,1H3/p+1. The van der Waals surface area contributed by atoms with Crippen LogP contribution in [0.15, 0.2) is 90.0 Å². The van der Waals surface area contributed by atoms with Crippen molar-refractivity contribution in [1.29, 1.82) is 0 Å². The topological polar surface area (TPSA) is 79.1 Å². The number of aryl methyl sites for hydroxylation is 1. The first kappa shape index (κ1) is 22.2. The smallest absolute Gasteiger partial charge is 0.294 e. The van der Waals surface area contributed by atoms with Crippen molar-refractivity contribution in [2.45, 2.75) is 19.8 Å². The zero-order chi connectivity index (χ0) is 24.5. The molecule has 3 heterocycles. The summed E-state index contributed by atoms with van der Waals surface area (Å²) in [4.78, 5) is 42.3. The van der Waals surface area contributed by atoms with Gasteiger partial charge < -0.3 is 0 Å². The van der Waals surface area contributed by atoms with Crippen LogP contribution < -0.4 is 15.0 Å². The number of imide groups is 1. The minimum absolute atomic E-state index is 0.0283. The van der Waals surface area contributed by atoms with Gasteiger partial charge in [0.15, 0.2) is 12.4 Å². The van der Waals surface area contributed by atoms with Gasteiger partial charge in [0.1, 0.15) is 11.4 Å². The second-order valence-corrected chi connectivity index (χ2v) is 8.12. The van der Waals surface area contributed by atoms with Gasteiger partial charge in [-0.1, -0.05) is 37.6 Å². The molecule has 8 heteroatoms. The number of nitrogens with one attached hydrogen (secondary N) is 1. The second kappa shape index (κ2) is 8.98. The predicted octanol–water partition coefficient (Wildman–Crippen LogP) is 3.49. The number of hydrogen-bond acceptors (Lipinski definition) is 3. The van der Waals surface area contributed by atoms with Gasteiger partial charge in [-0.05, 0) is 42.8 Å². The number of benzene rings is 2. The summed E-state index contributed by atoms with van der Waals surface area (Å²) in [5.74, 6) is -1.53. The molecule has 4 aromatic rings. The van der Waals surface area contributed by atoms with Crippen molar-refractivity contribution >= 4 is 28.8 Å². The van der Waals surface area contributed by atoms with E-state index in [0.29, 0.717) is 29.9 Å². The minimum atomic E-state index is -0.577. The molecule has 174 valence electrons. The third-order valence-electron chi connectivity index (χ3n) is 5.85. The molecule has 2 aromatic heterocycles. The maximum absolute atomic E-state index is 13.8. The lowest BCUT2D eigenvalue weighted by Gasteiger charge is -2.13. The molecule has 0 bridgehead atoms. The van der Waals surface area contributed by atoms with Crippen LogP contribution in [0.4, 0.5) is 10.1 Å². The average Bonchev–Trinajstić information content (AvgIpc) is 3.32. The van der Waals surface area contributed by atoms with E-state index in [1.807, 2.05) is 6.92 Å². The maximum atomic E-state index is 13.8. The molecule has 5 rings (SSSR count). The monoisotopic (exact) mass is 469 g/mol. The molecule has 1 aliphatic rings. The van der Waals surface area contributed by atoms with Crippen molar-refractivity contribution in [2.24, 2.45) is 0 Å². The van der Waals surface area contributed by atoms with Crippen molar-refractivity contribution in [1.82, 2.24) is 9.78 Å². The highest BCUT2D eigenvalue weighted by atomic mass is 19.1. The minimum Gasteiger partial charge on any atom is -0.294 e. The van der Waals surface area contributed by atoms with Crippen LogP contribution in [0.2, 0.25) is 0 Å². The predicted molar refractivity (Wildman–Crippen MR) is 129 cm³/mol. The Kier molecular flexibility index (Phi) is 5.70. The molecule has 2 aromatic carbocycles. The summed E-state index contributed by atoms with van der Waals surface area (Å²) < 4.78 is 16.3. The first-order chi connectivity index (χ1) is 17.0. The van der Waals surface area contributed by atoms with Crippen LogP contribution >= 0.6 is 0 Å². The van der Waals surface area contributed by atoms with E-state index in [1.165, 1.54) is 28.9 Å². The van der Waals surface area contributed by atoms with E-state index in [0.717, 1.165) is 4.90 Å². The number of H-pyrrole nitrogens is 1. The molecule has 1 aliphatic heterocycles. The Bertz CT molecular complexity index is 1500. The molecular weight excluding hydrogens is 447 g/mol. The Morgan fingerprint density at radius 3 is 2.14 bits per heavy atom. The average molecular weight is 469 g/mol. The van der Waals surface area contributed by atoms with Crippen molar-refractivity contribution in [3.8, 4) is 5.69 Å². The first-order valence-electron chi connectivity index (χ1n) is 11.3. The molecule has 2 amide bonds. The highest BCUT2D eigenvalue weighted by molar-refractivity contribution is 6.53. The number of pyridine rings is 1. The van der Waals surface area contributed by atoms with Gasteiger partial charge in [0, 0.05) is 17.8 Å². The molecule has 0 saturated carbocycles. The first-order valence-corrected chi connectivity index (χ1v) is 11.3. The number of anilines is 1. The van der Waals surface area contributed by atoms with Crippen molar-refractivity contribution < 1.29 is 18.5 Å². The Balaban J connectivity index is 1.77. The number of nitrogens with zero attached hydrogens (tertiary/aromatic N) is 3. The number of aromatic nitrogens is 3. The van der Waals surface area contributed by atoms with E-state index in [9.17, 15) is 18.8 Å². The van der Waals surface area contributed by atoms with Crippen LogP contribution in [0.25, 0.3) is 17.0 Å². The number of amides is 2. The number of carbonyl (C=O) groups is 2. The van der Waals surface area contributed by atoms with Gasteiger partial charge in [-0.3, -0.25) is 19.5 Å². The Morgan fingerprint density at radius 2 is 1.49 bits per heavy atom. The van der Waals surface area contributed by atoms with Gasteiger partial charge in [-0.2, -0.15) is 4.57 Å². The van der Waals surface area contributed by atoms with E-state index in [-0.39, 0.29) is 16.8 Å². The molecule has 0 radical (unpaired) electrons. The van der Waals surface area contributed by atoms with Gasteiger partial charge in [-0.15, -0.1) is 0 Å². The lowest BCUT2D eigenvalue weighted by atomic mass is 10.0. The summed E-state index contributed by atoms with van der Waals surface area (Å²) in [6, 6.07) is 19.4. The number of aromatic amines is 1. The normalized spacial score (nSPS) is 13.7. The summed E-state index contributed by atoms with van der Waals surface area (Å²) in [7, 11) is 0. The molecule has 0 saturated heterocycles. The summed E-state index contributed by atoms with van der Waals surface area (Å²) >= 11 is 0. The van der Waals surface area contributed by atoms with Crippen molar-refractivity contribution in [2.75, 3.05) is 4.90 Å². The van der Waals surface area contributed by atoms with Crippen LogP contribution in [-0.4, -0.2) is 21.6 Å². The fourth-order valence-corrected chi connectivity index (χ4v) is 4.29. The second-order valence-electron chi connectivity index (χ2n) is 8.12. The van der Waals surface area contributed by atoms with Crippen molar-refractivity contribution in [3.63, 3.8) is 0 Å². The SMILES string of the molecule is CCCc1[nH]n(-c2ccc(F)cc2)c(=O)c1C1=C([n+]2ccccc2)C(=O)N(c2ccccc2)C1=O. The van der Waals surface area contributed by atoms with E-state index in [1.54, 1.807) is 65.5 Å². The van der Waals surface area contributed by atoms with Gasteiger partial charge in [-0.25, -0.2) is 14.0 Å². The summed E-state index contributed by atoms with van der Waals surface area (Å²) in [5.41, 5.74) is 1.14. The van der Waals surface area contributed by atoms with Gasteiger partial charge in [0.25, 0.3) is 17.2 Å². The third-order valence-corrected chi connectivity index (χ3v) is 5.85. The summed E-state index contributed by atoms with van der Waals surface area (Å²) in [6.45, 7) is 1.95. The quantitative estimate of drug-likeness (QED) is 0.347. The zero-order valence-electron chi connectivity index (χ0n) is 18.9. The van der Waals surface area contributed by atoms with Crippen LogP contribution in [0.3, 0.4) is 0 Å². The number of hydrogen-bond donors (Lipinski definition) is 1. The molecule has 0 fully saturated rings. The summed E-state index contributed by atoms with van der Waals surface area (Å²) in [6.07, 6.45) is 4.50.